The Morgan fingerprint density at radius 2 is 1.14 bits per heavy atom. The highest BCUT2D eigenvalue weighted by molar-refractivity contribution is 7.00. The Kier molecular flexibility index (Phi) is 15.4. The van der Waals surface area contributed by atoms with Gasteiger partial charge in [-0.15, -0.1) is 6.58 Å². The number of benzene rings is 4. The van der Waals surface area contributed by atoms with Crippen LogP contribution in [-0.2, 0) is 13.6 Å². The van der Waals surface area contributed by atoms with E-state index < -0.39 is 22.7 Å². The summed E-state index contributed by atoms with van der Waals surface area (Å²) in [5.74, 6) is -0.140. The van der Waals surface area contributed by atoms with Gasteiger partial charge in [0.25, 0.3) is 16.6 Å². The predicted molar refractivity (Wildman–Crippen MR) is 263 cm³/mol. The van der Waals surface area contributed by atoms with E-state index in [2.05, 4.69) is 137 Å². The lowest BCUT2D eigenvalue weighted by Crippen LogP contribution is -2.68. The van der Waals surface area contributed by atoms with Crippen molar-refractivity contribution >= 4 is 55.2 Å². The Balaban J connectivity index is 0.000000213. The second-order valence-corrected chi connectivity index (χ2v) is 26.8. The molecule has 2 aromatic heterocycles. The van der Waals surface area contributed by atoms with Crippen LogP contribution in [0.15, 0.2) is 177 Å². The predicted octanol–water partition coefficient (Wildman–Crippen LogP) is 7.40. The van der Waals surface area contributed by atoms with Crippen molar-refractivity contribution < 1.29 is 23.2 Å². The summed E-state index contributed by atoms with van der Waals surface area (Å²) < 4.78 is 17.0. The van der Waals surface area contributed by atoms with Crippen LogP contribution in [0.5, 0.6) is 0 Å². The van der Waals surface area contributed by atoms with Crippen LogP contribution in [0.2, 0.25) is 10.1 Å². The first-order valence-corrected chi connectivity index (χ1v) is 25.7. The zero-order valence-corrected chi connectivity index (χ0v) is 40.2. The van der Waals surface area contributed by atoms with Crippen molar-refractivity contribution in [1.29, 1.82) is 0 Å². The summed E-state index contributed by atoms with van der Waals surface area (Å²) in [6.07, 6.45) is 6.93. The third-order valence-corrected chi connectivity index (χ3v) is 21.9. The van der Waals surface area contributed by atoms with Crippen molar-refractivity contribution in [3.8, 4) is 0 Å². The Labute approximate surface area is 381 Å². The number of rotatable bonds is 15. The van der Waals surface area contributed by atoms with Crippen LogP contribution in [0.25, 0.3) is 0 Å². The zero-order valence-electron chi connectivity index (χ0n) is 38.2. The van der Waals surface area contributed by atoms with Gasteiger partial charge in [0.1, 0.15) is 6.04 Å². The van der Waals surface area contributed by atoms with E-state index in [4.69, 9.17) is 8.85 Å². The van der Waals surface area contributed by atoms with Gasteiger partial charge in [-0.2, -0.15) is 0 Å². The van der Waals surface area contributed by atoms with Gasteiger partial charge in [-0.1, -0.05) is 169 Å². The minimum atomic E-state index is -2.79. The van der Waals surface area contributed by atoms with E-state index >= 15 is 0 Å². The Hall–Kier alpha value is -5.90. The maximum absolute atomic E-state index is 12.8. The van der Waals surface area contributed by atoms with Crippen molar-refractivity contribution in [3.05, 3.63) is 183 Å². The van der Waals surface area contributed by atoms with E-state index in [-0.39, 0.29) is 46.6 Å². The molecule has 2 amide bonds. The molecule has 4 aromatic carbocycles. The normalized spacial score (nSPS) is 15.8. The highest BCUT2D eigenvalue weighted by Crippen LogP contribution is 2.38. The van der Waals surface area contributed by atoms with Crippen LogP contribution in [0.1, 0.15) is 60.2 Å². The third kappa shape index (κ3) is 10.2. The molecule has 0 unspecified atom stereocenters. The van der Waals surface area contributed by atoms with Crippen molar-refractivity contribution in [2.75, 3.05) is 19.8 Å². The van der Waals surface area contributed by atoms with Crippen LogP contribution in [0.4, 0.5) is 9.59 Å². The number of aromatic nitrogens is 2. The molecule has 7 rings (SSSR count). The number of carbonyl (C=O) groups excluding carboxylic acids is 3. The first kappa shape index (κ1) is 47.6. The SMILES string of the molecule is C=CCN[C@@H]1c2cccn2C(=O)N[C@H]1CO[Si](c1ccccc1)(c1ccccc1)C(C)(C)C.CC(=O)[C@H](CO[Si](c1ccccc1)(c1ccccc1)C(C)(C)C)NC(=O)n1cccc1. The van der Waals surface area contributed by atoms with Crippen molar-refractivity contribution in [2.45, 2.75) is 76.7 Å². The quantitative estimate of drug-likeness (QED) is 0.0732. The minimum Gasteiger partial charge on any atom is -0.405 e. The molecule has 3 N–H and O–H groups in total. The van der Waals surface area contributed by atoms with Crippen LogP contribution >= 0.6 is 0 Å². The molecule has 0 spiro atoms. The lowest BCUT2D eigenvalue weighted by Gasteiger charge is -2.44. The standard InChI is InChI=1S/C27H33N3O2Si.C25H30N2O3Si/c1-5-18-28-25-23(29-26(31)30-19-12-17-24(25)30)20-32-33(27(2,3)4,21-13-8-6-9-14-21)22-15-10-7-11-16-22;1-20(28)23(26-24(29)27-17-11-12-18-27)19-30-31(25(2,3)4,21-13-7-5-8-14-21)22-15-9-6-10-16-22/h5-17,19,23,25,28H,1,18,20H2,2-4H3,(H,29,31);5-18,23H,19H2,1-4H3,(H,26,29)/t23-,25-;23-/m00/s1. The fraction of sp³-hybridized carbons (Fsp3) is 0.288. The first-order chi connectivity index (χ1) is 30.6. The highest BCUT2D eigenvalue weighted by Gasteiger charge is 2.52. The minimum absolute atomic E-state index is 0.0751. The fourth-order valence-corrected chi connectivity index (χ4v) is 18.0. The molecule has 6 aromatic rings. The van der Waals surface area contributed by atoms with E-state index in [1.54, 1.807) is 35.3 Å². The molecule has 0 saturated carbocycles. The summed E-state index contributed by atoms with van der Waals surface area (Å²) in [6, 6.07) is 47.6. The van der Waals surface area contributed by atoms with Gasteiger partial charge in [-0.05, 0) is 62.0 Å². The molecule has 0 radical (unpaired) electrons. The Morgan fingerprint density at radius 3 is 1.56 bits per heavy atom. The molecule has 0 fully saturated rings. The summed E-state index contributed by atoms with van der Waals surface area (Å²) in [7, 11) is -5.48. The first-order valence-electron chi connectivity index (χ1n) is 21.9. The monoisotopic (exact) mass is 893 g/mol. The van der Waals surface area contributed by atoms with Crippen molar-refractivity contribution in [3.63, 3.8) is 0 Å². The third-order valence-electron chi connectivity index (χ3n) is 11.9. The summed E-state index contributed by atoms with van der Waals surface area (Å²) in [6.45, 7) is 19.8. The highest BCUT2D eigenvalue weighted by atomic mass is 28.4. The molecule has 1 aliphatic heterocycles. The van der Waals surface area contributed by atoms with Crippen LogP contribution in [0, 0.1) is 0 Å². The van der Waals surface area contributed by atoms with Crippen LogP contribution in [-0.4, -0.2) is 75.5 Å². The second kappa shape index (κ2) is 20.7. The number of amides is 2. The Morgan fingerprint density at radius 1 is 0.688 bits per heavy atom. The number of hydrogen-bond acceptors (Lipinski definition) is 6. The number of carbonyl (C=O) groups is 3. The molecule has 64 heavy (non-hydrogen) atoms. The van der Waals surface area contributed by atoms with Gasteiger partial charge < -0.3 is 24.8 Å². The van der Waals surface area contributed by atoms with Gasteiger partial charge in [0.2, 0.25) is 0 Å². The molecule has 0 bridgehead atoms. The molecule has 334 valence electrons. The second-order valence-electron chi connectivity index (χ2n) is 18.2. The van der Waals surface area contributed by atoms with Gasteiger partial charge in [-0.25, -0.2) is 9.59 Å². The van der Waals surface area contributed by atoms with E-state index in [0.717, 1.165) is 16.1 Å². The topological polar surface area (TPSA) is 116 Å². The van der Waals surface area contributed by atoms with Gasteiger partial charge in [0, 0.05) is 30.8 Å². The molecular weight excluding hydrogens is 831 g/mol. The van der Waals surface area contributed by atoms with Gasteiger partial charge in [0.15, 0.2) is 5.78 Å². The average molecular weight is 894 g/mol. The van der Waals surface area contributed by atoms with E-state index in [1.807, 2.05) is 66.7 Å². The molecule has 0 saturated heterocycles. The molecule has 3 atom stereocenters. The average Bonchev–Trinajstić information content (AvgIpc) is 4.02. The van der Waals surface area contributed by atoms with Gasteiger partial charge >= 0.3 is 12.1 Å². The summed E-state index contributed by atoms with van der Waals surface area (Å²) in [4.78, 5) is 37.7. The number of fused-ring (bicyclic) bond motifs is 1. The molecule has 3 heterocycles. The Bertz CT molecular complexity index is 2350. The van der Waals surface area contributed by atoms with Crippen molar-refractivity contribution in [2.24, 2.45) is 0 Å². The zero-order chi connectivity index (χ0) is 46.0. The van der Waals surface area contributed by atoms with E-state index in [9.17, 15) is 14.4 Å². The molecule has 0 aliphatic carbocycles. The maximum Gasteiger partial charge on any atom is 0.326 e. The largest absolute Gasteiger partial charge is 0.405 e. The summed E-state index contributed by atoms with van der Waals surface area (Å²) >= 11 is 0. The molecule has 10 nitrogen and oxygen atoms in total. The number of ketones is 1. The molecule has 1 aliphatic rings. The maximum atomic E-state index is 12.8. The summed E-state index contributed by atoms with van der Waals surface area (Å²) in [5, 5.41) is 13.9. The number of hydrogen-bond donors (Lipinski definition) is 3. The van der Waals surface area contributed by atoms with E-state index in [0.29, 0.717) is 13.2 Å². The van der Waals surface area contributed by atoms with E-state index in [1.165, 1.54) is 21.9 Å². The molecule has 12 heteroatoms. The lowest BCUT2D eigenvalue weighted by molar-refractivity contribution is -0.119. The van der Waals surface area contributed by atoms with Crippen LogP contribution in [0.3, 0.4) is 0 Å². The van der Waals surface area contributed by atoms with Crippen LogP contribution < -0.4 is 36.7 Å². The number of nitrogens with zero attached hydrogens (tertiary/aromatic N) is 2. The smallest absolute Gasteiger partial charge is 0.326 e. The van der Waals surface area contributed by atoms with Gasteiger partial charge in [0.05, 0.1) is 25.3 Å². The fourth-order valence-electron chi connectivity index (χ4n) is 8.85. The number of nitrogens with one attached hydrogen (secondary N) is 3. The summed E-state index contributed by atoms with van der Waals surface area (Å²) in [5.41, 5.74) is 0.941. The lowest BCUT2D eigenvalue weighted by atomic mass is 10.0. The number of Topliss-reactive ketones (excluding diaryl/α,β-unsaturated/α-hetero) is 1. The van der Waals surface area contributed by atoms with Gasteiger partial charge in [-0.3, -0.25) is 13.9 Å². The molecular formula is C52H63N5O5Si2. The van der Waals surface area contributed by atoms with Crippen molar-refractivity contribution in [1.82, 2.24) is 25.1 Å².